The normalized spacial score (nSPS) is 34.6. The Hall–Kier alpha value is -2.96. The fourth-order valence-electron chi connectivity index (χ4n) is 5.78. The summed E-state index contributed by atoms with van der Waals surface area (Å²) in [5.74, 6) is -3.56. The predicted molar refractivity (Wildman–Crippen MR) is 101 cm³/mol. The van der Waals surface area contributed by atoms with E-state index in [1.807, 2.05) is 0 Å². The van der Waals surface area contributed by atoms with Crippen LogP contribution >= 0.6 is 0 Å². The average molecular weight is 412 g/mol. The number of urea groups is 1. The van der Waals surface area contributed by atoms with Crippen LogP contribution in [0, 0.1) is 29.0 Å². The van der Waals surface area contributed by atoms with Gasteiger partial charge in [0.1, 0.15) is 11.7 Å². The van der Waals surface area contributed by atoms with Crippen LogP contribution in [0.1, 0.15) is 30.7 Å². The zero-order valence-corrected chi connectivity index (χ0v) is 16.1. The molecule has 5 rings (SSSR count). The molecule has 30 heavy (non-hydrogen) atoms. The van der Waals surface area contributed by atoms with Crippen LogP contribution in [-0.4, -0.2) is 36.5 Å². The minimum absolute atomic E-state index is 0.143. The molecule has 4 N–H and O–H groups in total. The Morgan fingerprint density at radius 1 is 1.17 bits per heavy atom. The van der Waals surface area contributed by atoms with Crippen molar-refractivity contribution >= 4 is 11.9 Å². The Labute approximate surface area is 172 Å². The molecule has 1 aromatic rings. The fraction of sp³-hybridized carbons (Fsp3) is 0.476. The number of rotatable bonds is 1. The van der Waals surface area contributed by atoms with Crippen LogP contribution in [0.4, 0.5) is 9.18 Å². The molecule has 0 aromatic heterocycles. The van der Waals surface area contributed by atoms with E-state index < -0.39 is 46.8 Å². The van der Waals surface area contributed by atoms with Crippen molar-refractivity contribution in [2.75, 3.05) is 13.2 Å². The lowest BCUT2D eigenvalue weighted by Gasteiger charge is -2.58. The van der Waals surface area contributed by atoms with Gasteiger partial charge in [0.15, 0.2) is 5.79 Å². The Balaban J connectivity index is 1.72. The Morgan fingerprint density at radius 2 is 1.87 bits per heavy atom. The molecule has 4 aliphatic rings. The van der Waals surface area contributed by atoms with Crippen molar-refractivity contribution in [3.05, 3.63) is 46.9 Å². The Kier molecular flexibility index (Phi) is 4.14. The van der Waals surface area contributed by atoms with Crippen molar-refractivity contribution < 1.29 is 23.5 Å². The first-order valence-corrected chi connectivity index (χ1v) is 9.95. The molecule has 2 aliphatic carbocycles. The number of carbonyl (C=O) groups excluding carboxylic acids is 2. The number of allylic oxidation sites excluding steroid dienone is 1. The molecule has 8 nitrogen and oxygen atoms in total. The number of halogens is 1. The zero-order valence-electron chi connectivity index (χ0n) is 16.1. The van der Waals surface area contributed by atoms with E-state index in [1.54, 1.807) is 12.1 Å². The summed E-state index contributed by atoms with van der Waals surface area (Å²) in [5.41, 5.74) is 6.50. The van der Waals surface area contributed by atoms with Crippen LogP contribution in [0.5, 0.6) is 0 Å². The summed E-state index contributed by atoms with van der Waals surface area (Å²) < 4.78 is 25.5. The van der Waals surface area contributed by atoms with Gasteiger partial charge in [-0.2, -0.15) is 5.26 Å². The first-order valence-electron chi connectivity index (χ1n) is 9.95. The molecule has 2 aliphatic heterocycles. The van der Waals surface area contributed by atoms with E-state index in [9.17, 15) is 19.2 Å². The Morgan fingerprint density at radius 3 is 2.53 bits per heavy atom. The molecule has 2 saturated heterocycles. The molecule has 4 atom stereocenters. The average Bonchev–Trinajstić information content (AvgIpc) is 3.16. The number of carbonyl (C=O) groups is 2. The van der Waals surface area contributed by atoms with Gasteiger partial charge in [-0.05, 0) is 30.0 Å². The second-order valence-corrected chi connectivity index (χ2v) is 8.35. The van der Waals surface area contributed by atoms with Crippen LogP contribution in [0.15, 0.2) is 35.5 Å². The van der Waals surface area contributed by atoms with Crippen molar-refractivity contribution in [1.82, 2.24) is 10.6 Å². The number of hydrogen-bond acceptors (Lipinski definition) is 6. The smallest absolute Gasteiger partial charge is 0.321 e. The number of imide groups is 1. The molecule has 2 heterocycles. The molecule has 9 heteroatoms. The largest absolute Gasteiger partial charge is 0.400 e. The van der Waals surface area contributed by atoms with Gasteiger partial charge in [-0.25, -0.2) is 9.18 Å². The van der Waals surface area contributed by atoms with Gasteiger partial charge in [0.25, 0.3) is 0 Å². The van der Waals surface area contributed by atoms with Gasteiger partial charge >= 0.3 is 6.03 Å². The molecular weight excluding hydrogens is 391 g/mol. The molecule has 3 amide bonds. The van der Waals surface area contributed by atoms with Crippen molar-refractivity contribution in [3.8, 4) is 6.07 Å². The monoisotopic (exact) mass is 412 g/mol. The summed E-state index contributed by atoms with van der Waals surface area (Å²) in [6, 6.07) is 7.47. The van der Waals surface area contributed by atoms with Gasteiger partial charge in [0, 0.05) is 24.5 Å². The van der Waals surface area contributed by atoms with Crippen molar-refractivity contribution in [2.45, 2.75) is 36.5 Å². The minimum Gasteiger partial charge on any atom is -0.400 e. The number of benzene rings is 1. The Bertz CT molecular complexity index is 995. The number of nitrogens with zero attached hydrogens (tertiary/aromatic N) is 1. The van der Waals surface area contributed by atoms with Crippen LogP contribution in [0.2, 0.25) is 0 Å². The highest BCUT2D eigenvalue weighted by atomic mass is 19.1. The van der Waals surface area contributed by atoms with Gasteiger partial charge in [-0.1, -0.05) is 12.1 Å². The molecular formula is C21H21FN4O4. The van der Waals surface area contributed by atoms with Crippen LogP contribution in [-0.2, 0) is 14.3 Å². The van der Waals surface area contributed by atoms with E-state index in [0.717, 1.165) is 0 Å². The minimum atomic E-state index is -0.983. The summed E-state index contributed by atoms with van der Waals surface area (Å²) >= 11 is 0. The standard InChI is InChI=1S/C21H21FN4O4/c22-12-3-1-11(2-4-12)15-13(10-23)17(24)16-18(27)25-19(28)26-21(16)6-5-20(9-14(15)21)29-7-8-30-20/h1-4,14-16H,5-9,24H2,(H2,25,26,27,28)/t14-,15+,16-,21-/m0/s1. The van der Waals surface area contributed by atoms with Gasteiger partial charge in [0.2, 0.25) is 5.91 Å². The third kappa shape index (κ3) is 2.57. The molecule has 1 saturated carbocycles. The number of nitrogens with two attached hydrogens (primary N) is 1. The maximum Gasteiger partial charge on any atom is 0.321 e. The second kappa shape index (κ2) is 6.52. The third-order valence-corrected chi connectivity index (χ3v) is 6.97. The lowest BCUT2D eigenvalue weighted by atomic mass is 9.53. The summed E-state index contributed by atoms with van der Waals surface area (Å²) in [6.07, 6.45) is 1.26. The summed E-state index contributed by atoms with van der Waals surface area (Å²) in [4.78, 5) is 25.2. The first-order chi connectivity index (χ1) is 14.4. The van der Waals surface area contributed by atoms with Crippen molar-refractivity contribution in [2.24, 2.45) is 17.6 Å². The summed E-state index contributed by atoms with van der Waals surface area (Å²) in [6.45, 7) is 0.917. The van der Waals surface area contributed by atoms with Crippen LogP contribution in [0.3, 0.4) is 0 Å². The number of amides is 3. The molecule has 0 unspecified atom stereocenters. The number of hydrogen-bond donors (Lipinski definition) is 3. The van der Waals surface area contributed by atoms with E-state index in [0.29, 0.717) is 38.0 Å². The maximum absolute atomic E-state index is 13.6. The molecule has 156 valence electrons. The molecule has 0 radical (unpaired) electrons. The highest BCUT2D eigenvalue weighted by Gasteiger charge is 2.65. The number of nitriles is 1. The highest BCUT2D eigenvalue weighted by molar-refractivity contribution is 6.01. The van der Waals surface area contributed by atoms with Crippen molar-refractivity contribution in [1.29, 1.82) is 5.26 Å². The second-order valence-electron chi connectivity index (χ2n) is 8.35. The van der Waals surface area contributed by atoms with E-state index in [2.05, 4.69) is 16.7 Å². The van der Waals surface area contributed by atoms with Crippen LogP contribution in [0.25, 0.3) is 0 Å². The van der Waals surface area contributed by atoms with E-state index >= 15 is 0 Å². The SMILES string of the molecule is N#CC1=C(N)[C@H]2C(=O)NC(=O)N[C@]23CCC2(C[C@H]3[C@@H]1c1ccc(F)cc1)OCCO2. The maximum atomic E-state index is 13.6. The molecule has 0 bridgehead atoms. The fourth-order valence-corrected chi connectivity index (χ4v) is 5.78. The molecule has 2 spiro atoms. The first kappa shape index (κ1) is 19.0. The van der Waals surface area contributed by atoms with Crippen LogP contribution < -0.4 is 16.4 Å². The summed E-state index contributed by atoms with van der Waals surface area (Å²) in [5, 5.41) is 15.2. The summed E-state index contributed by atoms with van der Waals surface area (Å²) in [7, 11) is 0. The zero-order chi connectivity index (χ0) is 21.1. The third-order valence-electron chi connectivity index (χ3n) is 6.97. The van der Waals surface area contributed by atoms with E-state index in [1.165, 1.54) is 12.1 Å². The number of nitrogens with one attached hydrogen (secondary N) is 2. The molecule has 1 aromatic carbocycles. The van der Waals surface area contributed by atoms with Gasteiger partial charge in [-0.15, -0.1) is 0 Å². The van der Waals surface area contributed by atoms with Crippen molar-refractivity contribution in [3.63, 3.8) is 0 Å². The number of ether oxygens (including phenoxy) is 2. The van der Waals surface area contributed by atoms with Gasteiger partial charge in [-0.3, -0.25) is 10.1 Å². The quantitative estimate of drug-likeness (QED) is 0.640. The van der Waals surface area contributed by atoms with E-state index in [-0.39, 0.29) is 11.3 Å². The lowest BCUT2D eigenvalue weighted by molar-refractivity contribution is -0.206. The van der Waals surface area contributed by atoms with Gasteiger partial charge < -0.3 is 20.5 Å². The highest BCUT2D eigenvalue weighted by Crippen LogP contribution is 2.58. The molecule has 3 fully saturated rings. The van der Waals surface area contributed by atoms with Gasteiger partial charge in [0.05, 0.1) is 30.4 Å². The predicted octanol–water partition coefficient (Wildman–Crippen LogP) is 1.40. The lowest BCUT2D eigenvalue weighted by Crippen LogP contribution is -2.74. The topological polar surface area (TPSA) is 126 Å². The van der Waals surface area contributed by atoms with E-state index in [4.69, 9.17) is 15.2 Å².